The second-order valence-corrected chi connectivity index (χ2v) is 5.29. The van der Waals surface area contributed by atoms with Crippen LogP contribution in [0.3, 0.4) is 0 Å². The molecule has 1 atom stereocenters. The Morgan fingerprint density at radius 1 is 1.50 bits per heavy atom. The first kappa shape index (κ1) is 14.6. The summed E-state index contributed by atoms with van der Waals surface area (Å²) in [5, 5.41) is 3.06. The summed E-state index contributed by atoms with van der Waals surface area (Å²) in [5.41, 5.74) is 11.3. The molecule has 1 aromatic rings. The van der Waals surface area contributed by atoms with Gasteiger partial charge < -0.3 is 21.7 Å². The number of carbonyl (C=O) groups is 1. The maximum atomic E-state index is 13.8. The highest BCUT2D eigenvalue weighted by Crippen LogP contribution is 2.23. The van der Waals surface area contributed by atoms with Gasteiger partial charge in [-0.3, -0.25) is 4.79 Å². The van der Waals surface area contributed by atoms with E-state index in [0.29, 0.717) is 12.6 Å². The molecular weight excluding hydrogens is 259 g/mol. The lowest BCUT2D eigenvalue weighted by molar-refractivity contribution is 0.100. The molecule has 20 heavy (non-hydrogen) atoms. The van der Waals surface area contributed by atoms with Gasteiger partial charge in [-0.1, -0.05) is 6.42 Å². The maximum Gasteiger partial charge on any atom is 0.250 e. The summed E-state index contributed by atoms with van der Waals surface area (Å²) in [6, 6.07) is 2.89. The van der Waals surface area contributed by atoms with Crippen LogP contribution in [0.25, 0.3) is 0 Å². The average molecular weight is 280 g/mol. The molecule has 0 bridgehead atoms. The topological polar surface area (TPSA) is 84.4 Å². The molecule has 5 nitrogen and oxygen atoms in total. The zero-order valence-electron chi connectivity index (χ0n) is 11.7. The molecule has 0 aromatic heterocycles. The SMILES string of the molecule is CN1CCCCC1CNc1cc(C(N)=O)c(N)cc1F. The predicted octanol–water partition coefficient (Wildman–Crippen LogP) is 1.40. The van der Waals surface area contributed by atoms with Crippen molar-refractivity contribution in [1.29, 1.82) is 0 Å². The van der Waals surface area contributed by atoms with Gasteiger partial charge in [0.2, 0.25) is 0 Å². The van der Waals surface area contributed by atoms with Crippen LogP contribution in [0.4, 0.5) is 15.8 Å². The minimum atomic E-state index is -0.652. The van der Waals surface area contributed by atoms with Gasteiger partial charge in [0, 0.05) is 18.3 Å². The van der Waals surface area contributed by atoms with Crippen LogP contribution in [0.5, 0.6) is 0 Å². The first-order valence-electron chi connectivity index (χ1n) is 6.82. The van der Waals surface area contributed by atoms with Crippen molar-refractivity contribution in [2.24, 2.45) is 5.73 Å². The molecule has 1 aromatic carbocycles. The summed E-state index contributed by atoms with van der Waals surface area (Å²) in [6.45, 7) is 1.69. The van der Waals surface area contributed by atoms with E-state index < -0.39 is 11.7 Å². The van der Waals surface area contributed by atoms with Crippen LogP contribution < -0.4 is 16.8 Å². The number of nitrogens with one attached hydrogen (secondary N) is 1. The molecular formula is C14H21FN4O. The lowest BCUT2D eigenvalue weighted by atomic mass is 10.0. The largest absolute Gasteiger partial charge is 0.398 e. The Kier molecular flexibility index (Phi) is 4.44. The van der Waals surface area contributed by atoms with Gasteiger partial charge in [-0.2, -0.15) is 0 Å². The molecule has 110 valence electrons. The Morgan fingerprint density at radius 3 is 2.90 bits per heavy atom. The summed E-state index contributed by atoms with van der Waals surface area (Å²) in [6.07, 6.45) is 3.48. The minimum absolute atomic E-state index is 0.0651. The molecule has 0 aliphatic carbocycles. The maximum absolute atomic E-state index is 13.8. The lowest BCUT2D eigenvalue weighted by Gasteiger charge is -2.32. The number of amides is 1. The summed E-state index contributed by atoms with van der Waals surface area (Å²) < 4.78 is 13.8. The number of rotatable bonds is 4. The van der Waals surface area contributed by atoms with E-state index in [1.54, 1.807) is 0 Å². The van der Waals surface area contributed by atoms with E-state index in [9.17, 15) is 9.18 Å². The van der Waals surface area contributed by atoms with Gasteiger partial charge in [0.1, 0.15) is 5.82 Å². The van der Waals surface area contributed by atoms with Crippen LogP contribution in [0.2, 0.25) is 0 Å². The fraction of sp³-hybridized carbons (Fsp3) is 0.500. The fourth-order valence-corrected chi connectivity index (χ4v) is 2.57. The van der Waals surface area contributed by atoms with Gasteiger partial charge in [-0.15, -0.1) is 0 Å². The Morgan fingerprint density at radius 2 is 2.25 bits per heavy atom. The molecule has 1 aliphatic heterocycles. The summed E-state index contributed by atoms with van der Waals surface area (Å²) in [7, 11) is 2.07. The highest BCUT2D eigenvalue weighted by Gasteiger charge is 2.19. The van der Waals surface area contributed by atoms with Gasteiger partial charge >= 0.3 is 0 Å². The van der Waals surface area contributed by atoms with Crippen LogP contribution in [0, 0.1) is 5.82 Å². The monoisotopic (exact) mass is 280 g/mol. The third-order valence-electron chi connectivity index (χ3n) is 3.85. The first-order valence-corrected chi connectivity index (χ1v) is 6.82. The van der Waals surface area contributed by atoms with Crippen molar-refractivity contribution in [2.75, 3.05) is 31.2 Å². The quantitative estimate of drug-likeness (QED) is 0.728. The number of nitrogens with zero attached hydrogens (tertiary/aromatic N) is 1. The number of nitrogen functional groups attached to an aromatic ring is 1. The Labute approximate surface area is 118 Å². The average Bonchev–Trinajstić information content (AvgIpc) is 2.39. The van der Waals surface area contributed by atoms with Crippen molar-refractivity contribution >= 4 is 17.3 Å². The number of likely N-dealkylation sites (N-methyl/N-ethyl adjacent to an activating group) is 1. The highest BCUT2D eigenvalue weighted by atomic mass is 19.1. The third-order valence-corrected chi connectivity index (χ3v) is 3.85. The van der Waals surface area contributed by atoms with Crippen molar-refractivity contribution < 1.29 is 9.18 Å². The van der Waals surface area contributed by atoms with Crippen LogP contribution in [-0.2, 0) is 0 Å². The standard InChI is InChI=1S/C14H21FN4O/c1-19-5-3-2-4-9(19)8-18-13-6-10(14(17)20)12(16)7-11(13)15/h6-7,9,18H,2-5,8,16H2,1H3,(H2,17,20). The number of piperidine rings is 1. The zero-order chi connectivity index (χ0) is 14.7. The molecule has 0 radical (unpaired) electrons. The van der Waals surface area contributed by atoms with E-state index in [0.717, 1.165) is 19.0 Å². The van der Waals surface area contributed by atoms with Crippen LogP contribution in [0.1, 0.15) is 29.6 Å². The van der Waals surface area contributed by atoms with E-state index in [2.05, 4.69) is 17.3 Å². The molecule has 0 spiro atoms. The molecule has 1 saturated heterocycles. The van der Waals surface area contributed by atoms with Gasteiger partial charge in [-0.25, -0.2) is 4.39 Å². The van der Waals surface area contributed by atoms with Crippen LogP contribution >= 0.6 is 0 Å². The number of carbonyl (C=O) groups excluding carboxylic acids is 1. The van der Waals surface area contributed by atoms with Gasteiger partial charge in [-0.05, 0) is 38.6 Å². The number of primary amides is 1. The summed E-state index contributed by atoms with van der Waals surface area (Å²) >= 11 is 0. The van der Waals surface area contributed by atoms with Gasteiger partial charge in [0.05, 0.1) is 11.3 Å². The minimum Gasteiger partial charge on any atom is -0.398 e. The Hall–Kier alpha value is -1.82. The van der Waals surface area contributed by atoms with Crippen molar-refractivity contribution in [2.45, 2.75) is 25.3 Å². The normalized spacial score (nSPS) is 19.8. The molecule has 1 unspecified atom stereocenters. The van der Waals surface area contributed by atoms with E-state index in [1.807, 2.05) is 0 Å². The number of hydrogen-bond acceptors (Lipinski definition) is 4. The summed E-state index contributed by atoms with van der Waals surface area (Å²) in [5.74, 6) is -1.12. The van der Waals surface area contributed by atoms with Crippen LogP contribution in [-0.4, -0.2) is 37.0 Å². The van der Waals surface area contributed by atoms with E-state index >= 15 is 0 Å². The predicted molar refractivity (Wildman–Crippen MR) is 78.1 cm³/mol. The molecule has 5 N–H and O–H groups in total. The van der Waals surface area contributed by atoms with Crippen molar-refractivity contribution in [3.8, 4) is 0 Å². The fourth-order valence-electron chi connectivity index (χ4n) is 2.57. The van der Waals surface area contributed by atoms with E-state index in [1.165, 1.54) is 18.9 Å². The number of anilines is 2. The molecule has 1 aliphatic rings. The highest BCUT2D eigenvalue weighted by molar-refractivity contribution is 5.99. The van der Waals surface area contributed by atoms with Gasteiger partial charge in [0.15, 0.2) is 0 Å². The van der Waals surface area contributed by atoms with E-state index in [4.69, 9.17) is 11.5 Å². The van der Waals surface area contributed by atoms with Crippen molar-refractivity contribution in [3.63, 3.8) is 0 Å². The molecule has 6 heteroatoms. The number of likely N-dealkylation sites (tertiary alicyclic amines) is 1. The molecule has 1 amide bonds. The molecule has 2 rings (SSSR count). The number of benzene rings is 1. The zero-order valence-corrected chi connectivity index (χ0v) is 11.7. The Bertz CT molecular complexity index is 506. The smallest absolute Gasteiger partial charge is 0.250 e. The second kappa shape index (κ2) is 6.09. The number of nitrogens with two attached hydrogens (primary N) is 2. The summed E-state index contributed by atoms with van der Waals surface area (Å²) in [4.78, 5) is 13.5. The molecule has 1 heterocycles. The van der Waals surface area contributed by atoms with E-state index in [-0.39, 0.29) is 16.9 Å². The van der Waals surface area contributed by atoms with Crippen molar-refractivity contribution in [3.05, 3.63) is 23.5 Å². The second-order valence-electron chi connectivity index (χ2n) is 5.29. The van der Waals surface area contributed by atoms with Gasteiger partial charge in [0.25, 0.3) is 5.91 Å². The number of halogens is 1. The lowest BCUT2D eigenvalue weighted by Crippen LogP contribution is -2.40. The van der Waals surface area contributed by atoms with Crippen LogP contribution in [0.15, 0.2) is 12.1 Å². The molecule has 1 fully saturated rings. The molecule has 0 saturated carbocycles. The third kappa shape index (κ3) is 3.19. The number of hydrogen-bond donors (Lipinski definition) is 3. The first-order chi connectivity index (χ1) is 9.49. The van der Waals surface area contributed by atoms with Crippen molar-refractivity contribution in [1.82, 2.24) is 4.90 Å². The Balaban J connectivity index is 2.09.